The number of halogens is 1. The summed E-state index contributed by atoms with van der Waals surface area (Å²) < 4.78 is 5.33. The highest BCUT2D eigenvalue weighted by atomic mass is 79.9. The van der Waals surface area contributed by atoms with Crippen molar-refractivity contribution in [1.29, 1.82) is 0 Å². The van der Waals surface area contributed by atoms with E-state index in [1.807, 2.05) is 47.2 Å². The quantitative estimate of drug-likeness (QED) is 0.369. The molecule has 2 N–H and O–H groups in total. The van der Waals surface area contributed by atoms with Crippen molar-refractivity contribution in [2.45, 2.75) is 13.0 Å². The van der Waals surface area contributed by atoms with Gasteiger partial charge in [-0.05, 0) is 29.7 Å². The van der Waals surface area contributed by atoms with E-state index in [9.17, 15) is 9.59 Å². The Morgan fingerprint density at radius 2 is 1.76 bits per heavy atom. The van der Waals surface area contributed by atoms with Gasteiger partial charge < -0.3 is 10.3 Å². The molecule has 0 aliphatic heterocycles. The number of nitrogens with zero attached hydrogens (tertiary/aromatic N) is 4. The smallest absolute Gasteiger partial charge is 0.332 e. The Labute approximate surface area is 197 Å². The van der Waals surface area contributed by atoms with Gasteiger partial charge in [0.25, 0.3) is 5.56 Å². The fourth-order valence-corrected chi connectivity index (χ4v) is 4.59. The van der Waals surface area contributed by atoms with E-state index in [0.29, 0.717) is 30.2 Å². The lowest BCUT2D eigenvalue weighted by atomic mass is 10.1. The summed E-state index contributed by atoms with van der Waals surface area (Å²) in [6.07, 6.45) is 2.80. The number of aromatic nitrogens is 5. The number of imidazole rings is 1. The number of hydrogen-bond acceptors (Lipinski definition) is 4. The van der Waals surface area contributed by atoms with E-state index >= 15 is 0 Å². The number of rotatable bonds is 6. The standard InChI is InChI=1S/C24H23BrN6O2/c1-29-21-20(22(32)30(2)24(29)33)31(14-16-7-3-5-9-18(16)25)23(28-21)26-12-11-15-13-27-19-10-6-4-8-17(15)19/h3-10,13,27H,11-12,14H2,1-2H3,(H,26,28). The van der Waals surface area contributed by atoms with Crippen molar-refractivity contribution in [3.63, 3.8) is 0 Å². The van der Waals surface area contributed by atoms with Crippen LogP contribution in [0.2, 0.25) is 0 Å². The first-order chi connectivity index (χ1) is 16.0. The number of para-hydroxylation sites is 1. The summed E-state index contributed by atoms with van der Waals surface area (Å²) in [4.78, 5) is 33.5. The second kappa shape index (κ2) is 8.40. The average Bonchev–Trinajstić information content (AvgIpc) is 3.40. The Morgan fingerprint density at radius 1 is 1.00 bits per heavy atom. The predicted molar refractivity (Wildman–Crippen MR) is 134 cm³/mol. The first-order valence-corrected chi connectivity index (χ1v) is 11.4. The Balaban J connectivity index is 1.55. The molecule has 0 saturated carbocycles. The summed E-state index contributed by atoms with van der Waals surface area (Å²) >= 11 is 3.60. The summed E-state index contributed by atoms with van der Waals surface area (Å²) in [5, 5.41) is 4.59. The van der Waals surface area contributed by atoms with Crippen molar-refractivity contribution in [3.8, 4) is 0 Å². The predicted octanol–water partition coefficient (Wildman–Crippen LogP) is 3.38. The number of nitrogens with one attached hydrogen (secondary N) is 2. The van der Waals surface area contributed by atoms with Crippen LogP contribution in [0.25, 0.3) is 22.1 Å². The molecule has 3 heterocycles. The largest absolute Gasteiger partial charge is 0.361 e. The average molecular weight is 507 g/mol. The molecule has 0 amide bonds. The Morgan fingerprint density at radius 3 is 2.58 bits per heavy atom. The lowest BCUT2D eigenvalue weighted by molar-refractivity contribution is 0.702. The Hall–Kier alpha value is -3.59. The fourth-order valence-electron chi connectivity index (χ4n) is 4.18. The van der Waals surface area contributed by atoms with Gasteiger partial charge in [0, 0.05) is 42.2 Å². The number of aryl methyl sites for hydroxylation is 1. The monoisotopic (exact) mass is 506 g/mol. The highest BCUT2D eigenvalue weighted by molar-refractivity contribution is 9.10. The zero-order valence-corrected chi connectivity index (χ0v) is 19.9. The summed E-state index contributed by atoms with van der Waals surface area (Å²) in [7, 11) is 3.12. The second-order valence-electron chi connectivity index (χ2n) is 8.03. The van der Waals surface area contributed by atoms with Crippen LogP contribution in [0.4, 0.5) is 5.95 Å². The molecule has 2 aromatic carbocycles. The molecule has 33 heavy (non-hydrogen) atoms. The Bertz CT molecular complexity index is 1610. The van der Waals surface area contributed by atoms with E-state index < -0.39 is 5.69 Å². The summed E-state index contributed by atoms with van der Waals surface area (Å²) in [5.74, 6) is 0.555. The third-order valence-corrected chi connectivity index (χ3v) is 6.76. The molecule has 0 spiro atoms. The number of hydrogen-bond donors (Lipinski definition) is 2. The van der Waals surface area contributed by atoms with E-state index in [1.54, 1.807) is 7.05 Å². The maximum absolute atomic E-state index is 13.1. The zero-order valence-electron chi connectivity index (χ0n) is 18.3. The number of fused-ring (bicyclic) bond motifs is 2. The molecule has 5 aromatic rings. The molecule has 8 nitrogen and oxygen atoms in total. The minimum atomic E-state index is -0.400. The van der Waals surface area contributed by atoms with Crippen LogP contribution in [0.1, 0.15) is 11.1 Å². The molecule has 0 unspecified atom stereocenters. The molecule has 0 aliphatic rings. The highest BCUT2D eigenvalue weighted by Crippen LogP contribution is 2.23. The first kappa shape index (κ1) is 21.3. The minimum Gasteiger partial charge on any atom is -0.361 e. The molecule has 0 saturated heterocycles. The van der Waals surface area contributed by atoms with Crippen molar-refractivity contribution in [1.82, 2.24) is 23.7 Å². The van der Waals surface area contributed by atoms with Gasteiger partial charge in [-0.2, -0.15) is 4.98 Å². The van der Waals surface area contributed by atoms with Gasteiger partial charge in [-0.15, -0.1) is 0 Å². The summed E-state index contributed by atoms with van der Waals surface area (Å²) in [6, 6.07) is 16.1. The zero-order chi connectivity index (χ0) is 23.1. The van der Waals surface area contributed by atoms with Crippen molar-refractivity contribution in [2.75, 3.05) is 11.9 Å². The van der Waals surface area contributed by atoms with E-state index in [0.717, 1.165) is 26.5 Å². The SMILES string of the molecule is Cn1c(=O)c2c(nc(NCCc3c[nH]c4ccccc34)n2Cc2ccccc2Br)n(C)c1=O. The van der Waals surface area contributed by atoms with Crippen LogP contribution in [-0.4, -0.2) is 30.2 Å². The maximum atomic E-state index is 13.1. The fraction of sp³-hybridized carbons (Fsp3) is 0.208. The van der Waals surface area contributed by atoms with Gasteiger partial charge in [-0.1, -0.05) is 52.3 Å². The van der Waals surface area contributed by atoms with E-state index in [2.05, 4.69) is 43.3 Å². The Kier molecular flexibility index (Phi) is 5.41. The van der Waals surface area contributed by atoms with Crippen LogP contribution in [-0.2, 0) is 27.1 Å². The van der Waals surface area contributed by atoms with E-state index in [1.165, 1.54) is 22.6 Å². The van der Waals surface area contributed by atoms with Crippen LogP contribution in [0.5, 0.6) is 0 Å². The normalized spacial score (nSPS) is 11.5. The van der Waals surface area contributed by atoms with E-state index in [-0.39, 0.29) is 5.56 Å². The van der Waals surface area contributed by atoms with Crippen LogP contribution in [0, 0.1) is 0 Å². The minimum absolute atomic E-state index is 0.364. The lowest BCUT2D eigenvalue weighted by Gasteiger charge is -2.12. The van der Waals surface area contributed by atoms with Crippen molar-refractivity contribution in [2.24, 2.45) is 14.1 Å². The molecule has 0 radical (unpaired) electrons. The van der Waals surface area contributed by atoms with Gasteiger partial charge in [0.15, 0.2) is 11.2 Å². The van der Waals surface area contributed by atoms with Crippen molar-refractivity contribution < 1.29 is 0 Å². The third-order valence-electron chi connectivity index (χ3n) is 5.99. The maximum Gasteiger partial charge on any atom is 0.332 e. The summed E-state index contributed by atoms with van der Waals surface area (Å²) in [6.45, 7) is 1.05. The molecule has 0 fully saturated rings. The third kappa shape index (κ3) is 3.68. The van der Waals surface area contributed by atoms with Crippen LogP contribution in [0.15, 0.2) is 68.8 Å². The van der Waals surface area contributed by atoms with Gasteiger partial charge in [-0.25, -0.2) is 4.79 Å². The van der Waals surface area contributed by atoms with Gasteiger partial charge in [0.1, 0.15) is 0 Å². The van der Waals surface area contributed by atoms with Crippen molar-refractivity contribution >= 4 is 43.9 Å². The van der Waals surface area contributed by atoms with E-state index in [4.69, 9.17) is 0 Å². The molecule has 0 atom stereocenters. The van der Waals surface area contributed by atoms with Crippen LogP contribution in [0.3, 0.4) is 0 Å². The molecule has 0 bridgehead atoms. The molecule has 9 heteroatoms. The molecular formula is C24H23BrN6O2. The summed E-state index contributed by atoms with van der Waals surface area (Å²) in [5.41, 5.74) is 3.31. The van der Waals surface area contributed by atoms with Crippen molar-refractivity contribution in [3.05, 3.63) is 91.2 Å². The molecule has 3 aromatic heterocycles. The highest BCUT2D eigenvalue weighted by Gasteiger charge is 2.20. The number of H-pyrrole nitrogens is 1. The number of aromatic amines is 1. The number of anilines is 1. The molecule has 168 valence electrons. The van der Waals surface area contributed by atoms with Crippen LogP contribution >= 0.6 is 15.9 Å². The molecule has 0 aliphatic carbocycles. The number of benzene rings is 2. The topological polar surface area (TPSA) is 89.6 Å². The second-order valence-corrected chi connectivity index (χ2v) is 8.88. The molecule has 5 rings (SSSR count). The molecular weight excluding hydrogens is 484 g/mol. The lowest BCUT2D eigenvalue weighted by Crippen LogP contribution is -2.37. The van der Waals surface area contributed by atoms with Gasteiger partial charge in [-0.3, -0.25) is 18.5 Å². The van der Waals surface area contributed by atoms with Crippen LogP contribution < -0.4 is 16.6 Å². The first-order valence-electron chi connectivity index (χ1n) is 10.6. The van der Waals surface area contributed by atoms with Gasteiger partial charge in [0.2, 0.25) is 5.95 Å². The van der Waals surface area contributed by atoms with Gasteiger partial charge >= 0.3 is 5.69 Å². The van der Waals surface area contributed by atoms with Gasteiger partial charge in [0.05, 0.1) is 6.54 Å².